The maximum Gasteiger partial charge on any atom is 0.573 e. The summed E-state index contributed by atoms with van der Waals surface area (Å²) in [6.07, 6.45) is -3.04. The summed E-state index contributed by atoms with van der Waals surface area (Å²) < 4.78 is 56.0. The first kappa shape index (κ1) is 31.5. The van der Waals surface area contributed by atoms with Gasteiger partial charge in [0, 0.05) is 17.4 Å². The van der Waals surface area contributed by atoms with Crippen molar-refractivity contribution in [3.63, 3.8) is 0 Å². The zero-order chi connectivity index (χ0) is 30.8. The molecule has 0 saturated carbocycles. The van der Waals surface area contributed by atoms with E-state index in [1.165, 1.54) is 30.3 Å². The highest BCUT2D eigenvalue weighted by molar-refractivity contribution is 7.59. The number of carbonyl (C=O) groups is 2. The van der Waals surface area contributed by atoms with E-state index in [-0.39, 0.29) is 38.2 Å². The summed E-state index contributed by atoms with van der Waals surface area (Å²) in [5.41, 5.74) is 2.54. The van der Waals surface area contributed by atoms with Crippen LogP contribution in [0.2, 0.25) is 10.0 Å². The molecule has 0 aromatic heterocycles. The lowest BCUT2D eigenvalue weighted by Crippen LogP contribution is -2.43. The van der Waals surface area contributed by atoms with Crippen LogP contribution >= 0.6 is 31.8 Å². The molecule has 2 unspecified atom stereocenters. The third-order valence-electron chi connectivity index (χ3n) is 7.80. The van der Waals surface area contributed by atoms with Gasteiger partial charge in [0.25, 0.3) is 0 Å². The van der Waals surface area contributed by atoms with Gasteiger partial charge in [0.05, 0.1) is 16.0 Å². The quantitative estimate of drug-likeness (QED) is 0.190. The zero-order valence-corrected chi connectivity index (χ0v) is 25.3. The highest BCUT2D eigenvalue weighted by Crippen LogP contribution is 2.55. The summed E-state index contributed by atoms with van der Waals surface area (Å²) in [5.74, 6) is -1.64. The van der Waals surface area contributed by atoms with Gasteiger partial charge >= 0.3 is 6.36 Å². The van der Waals surface area contributed by atoms with Gasteiger partial charge in [-0.05, 0) is 107 Å². The fourth-order valence-corrected chi connectivity index (χ4v) is 7.42. The SMILES string of the molecule is O=C1Nc2ccc(F)cc2C2(CCN(CCC(C(=O)NCc3cccc(OC(F)(F)F)c3)c3ccc(Cl)c(Cl)c3)CC2)P1. The third-order valence-corrected chi connectivity index (χ3v) is 10.1. The molecule has 43 heavy (non-hydrogen) atoms. The van der Waals surface area contributed by atoms with Gasteiger partial charge < -0.3 is 20.3 Å². The molecule has 13 heteroatoms. The van der Waals surface area contributed by atoms with Crippen molar-refractivity contribution in [2.75, 3.05) is 25.0 Å². The smallest absolute Gasteiger partial charge is 0.406 e. The molecule has 1 fully saturated rings. The Balaban J connectivity index is 1.26. The summed E-state index contributed by atoms with van der Waals surface area (Å²) in [4.78, 5) is 28.2. The van der Waals surface area contributed by atoms with Crippen LogP contribution in [0.1, 0.15) is 41.9 Å². The van der Waals surface area contributed by atoms with Gasteiger partial charge in [-0.3, -0.25) is 9.59 Å². The zero-order valence-electron chi connectivity index (χ0n) is 22.7. The number of hydrogen-bond donors (Lipinski definition) is 2. The van der Waals surface area contributed by atoms with Crippen LogP contribution in [0, 0.1) is 5.82 Å². The number of alkyl halides is 3. The molecule has 6 nitrogen and oxygen atoms in total. The van der Waals surface area contributed by atoms with Gasteiger partial charge in [0.2, 0.25) is 11.6 Å². The van der Waals surface area contributed by atoms with Crippen molar-refractivity contribution in [3.05, 3.63) is 93.2 Å². The third kappa shape index (κ3) is 7.79. The topological polar surface area (TPSA) is 70.7 Å². The molecule has 2 heterocycles. The van der Waals surface area contributed by atoms with Crippen LogP contribution in [0.3, 0.4) is 0 Å². The fraction of sp³-hybridized carbons (Fsp3) is 0.333. The maximum absolute atomic E-state index is 14.1. The Bertz CT molecular complexity index is 1520. The monoisotopic (exact) mass is 655 g/mol. The number of carbonyl (C=O) groups excluding carboxylic acids is 2. The maximum atomic E-state index is 14.1. The number of rotatable bonds is 8. The van der Waals surface area contributed by atoms with E-state index in [4.69, 9.17) is 23.2 Å². The number of hydrogen-bond acceptors (Lipinski definition) is 4. The Hall–Kier alpha value is -2.91. The van der Waals surface area contributed by atoms with Crippen LogP contribution in [0.4, 0.5) is 28.0 Å². The molecule has 3 aromatic carbocycles. The predicted molar refractivity (Wildman–Crippen MR) is 160 cm³/mol. The van der Waals surface area contributed by atoms with Crippen molar-refractivity contribution in [2.45, 2.75) is 43.2 Å². The predicted octanol–water partition coefficient (Wildman–Crippen LogP) is 8.04. The molecule has 2 atom stereocenters. The van der Waals surface area contributed by atoms with Gasteiger partial charge in [-0.15, -0.1) is 13.2 Å². The molecule has 2 aliphatic heterocycles. The second-order valence-electron chi connectivity index (χ2n) is 10.6. The summed E-state index contributed by atoms with van der Waals surface area (Å²) in [7, 11) is -0.00824. The van der Waals surface area contributed by atoms with Crippen molar-refractivity contribution in [1.29, 1.82) is 0 Å². The minimum atomic E-state index is -4.82. The lowest BCUT2D eigenvalue weighted by atomic mass is 9.86. The van der Waals surface area contributed by atoms with E-state index in [9.17, 15) is 27.2 Å². The molecule has 1 saturated heterocycles. The number of likely N-dealkylation sites (tertiary alicyclic amines) is 1. The second-order valence-corrected chi connectivity index (χ2v) is 13.1. The largest absolute Gasteiger partial charge is 0.573 e. The molecule has 0 bridgehead atoms. The van der Waals surface area contributed by atoms with Crippen LogP contribution in [-0.2, 0) is 16.5 Å². The number of halogens is 6. The number of nitrogens with one attached hydrogen (secondary N) is 2. The van der Waals surface area contributed by atoms with E-state index in [2.05, 4.69) is 20.3 Å². The number of fused-ring (bicyclic) bond motifs is 2. The van der Waals surface area contributed by atoms with Gasteiger partial charge in [-0.2, -0.15) is 0 Å². The van der Waals surface area contributed by atoms with Crippen LogP contribution in [0.15, 0.2) is 60.7 Å². The van der Waals surface area contributed by atoms with Gasteiger partial charge in [-0.25, -0.2) is 4.39 Å². The minimum absolute atomic E-state index is 0.00307. The number of amides is 2. The standard InChI is InChI=1S/C30H28Cl2F4N3O3P/c31-24-6-4-19(15-25(24)32)22(27(40)37-17-18-2-1-3-21(14-18)42-30(34,35)36)8-11-39-12-9-29(10-13-39)23-16-20(33)5-7-26(23)38-28(41)43-29/h1-7,14-16,22,43H,8-13,17H2,(H,37,40)(H,38,41). The van der Waals surface area contributed by atoms with Crippen molar-refractivity contribution in [2.24, 2.45) is 0 Å². The van der Waals surface area contributed by atoms with E-state index in [0.717, 1.165) is 5.56 Å². The van der Waals surface area contributed by atoms with Gasteiger partial charge in [0.15, 0.2) is 0 Å². The number of ether oxygens (including phenoxy) is 1. The van der Waals surface area contributed by atoms with E-state index < -0.39 is 17.4 Å². The van der Waals surface area contributed by atoms with E-state index in [0.29, 0.717) is 65.8 Å². The average Bonchev–Trinajstić information content (AvgIpc) is 2.94. The number of anilines is 1. The summed E-state index contributed by atoms with van der Waals surface area (Å²) in [6, 6.07) is 14.9. The highest BCUT2D eigenvalue weighted by Gasteiger charge is 2.43. The molecular formula is C30H28Cl2F4N3O3P. The first-order valence-electron chi connectivity index (χ1n) is 13.6. The van der Waals surface area contributed by atoms with Crippen molar-refractivity contribution in [3.8, 4) is 5.75 Å². The first-order chi connectivity index (χ1) is 20.4. The Kier molecular flexibility index (Phi) is 9.52. The van der Waals surface area contributed by atoms with E-state index in [1.54, 1.807) is 30.3 Å². The van der Waals surface area contributed by atoms with Crippen molar-refractivity contribution in [1.82, 2.24) is 10.2 Å². The molecule has 2 N–H and O–H groups in total. The Labute approximate surface area is 257 Å². The Morgan fingerprint density at radius 3 is 2.56 bits per heavy atom. The lowest BCUT2D eigenvalue weighted by molar-refractivity contribution is -0.274. The van der Waals surface area contributed by atoms with Crippen LogP contribution in [0.25, 0.3) is 0 Å². The van der Waals surface area contributed by atoms with Crippen LogP contribution in [0.5, 0.6) is 5.75 Å². The van der Waals surface area contributed by atoms with Crippen molar-refractivity contribution >= 4 is 49.0 Å². The second kappa shape index (κ2) is 13.0. The summed E-state index contributed by atoms with van der Waals surface area (Å²) >= 11 is 12.4. The van der Waals surface area contributed by atoms with Crippen LogP contribution < -0.4 is 15.4 Å². The molecule has 3 aromatic rings. The molecule has 0 radical (unpaired) electrons. The first-order valence-corrected chi connectivity index (χ1v) is 15.4. The van der Waals surface area contributed by atoms with E-state index in [1.807, 2.05) is 0 Å². The van der Waals surface area contributed by atoms with Crippen molar-refractivity contribution < 1.29 is 31.9 Å². The Morgan fingerprint density at radius 2 is 1.84 bits per heavy atom. The summed E-state index contributed by atoms with van der Waals surface area (Å²) in [6.45, 7) is 1.89. The minimum Gasteiger partial charge on any atom is -0.406 e. The fourth-order valence-electron chi connectivity index (χ4n) is 5.67. The highest BCUT2D eigenvalue weighted by atomic mass is 35.5. The normalized spacial score (nSPS) is 17.8. The molecule has 5 rings (SSSR count). The number of piperidine rings is 1. The average molecular weight is 656 g/mol. The molecular weight excluding hydrogens is 628 g/mol. The molecule has 0 aliphatic carbocycles. The molecule has 2 aliphatic rings. The molecule has 2 amide bonds. The van der Waals surface area contributed by atoms with E-state index >= 15 is 0 Å². The Morgan fingerprint density at radius 1 is 1.07 bits per heavy atom. The summed E-state index contributed by atoms with van der Waals surface area (Å²) in [5, 5.41) is 5.92. The van der Waals surface area contributed by atoms with Gasteiger partial charge in [-0.1, -0.05) is 41.4 Å². The van der Waals surface area contributed by atoms with Gasteiger partial charge in [0.1, 0.15) is 11.6 Å². The lowest BCUT2D eigenvalue weighted by Gasteiger charge is -2.44. The molecule has 1 spiro atoms. The number of benzene rings is 3. The van der Waals surface area contributed by atoms with Crippen LogP contribution in [-0.4, -0.2) is 42.5 Å². The molecule has 228 valence electrons. The number of nitrogens with zero attached hydrogens (tertiary/aromatic N) is 1.